The van der Waals surface area contributed by atoms with Crippen LogP contribution in [0.5, 0.6) is 5.88 Å². The molecule has 0 saturated carbocycles. The number of fused-ring (bicyclic) bond motifs is 1. The first-order chi connectivity index (χ1) is 11.9. The van der Waals surface area contributed by atoms with E-state index >= 15 is 0 Å². The monoisotopic (exact) mass is 405 g/mol. The Morgan fingerprint density at radius 2 is 2.04 bits per heavy atom. The van der Waals surface area contributed by atoms with Gasteiger partial charge in [-0.25, -0.2) is 4.79 Å². The van der Waals surface area contributed by atoms with E-state index in [1.54, 1.807) is 0 Å². The van der Waals surface area contributed by atoms with Gasteiger partial charge in [0.25, 0.3) is 5.56 Å². The van der Waals surface area contributed by atoms with Crippen LogP contribution < -0.4 is 10.3 Å². The van der Waals surface area contributed by atoms with Gasteiger partial charge in [0.15, 0.2) is 11.5 Å². The molecule has 0 aliphatic heterocycles. The summed E-state index contributed by atoms with van der Waals surface area (Å²) in [6, 6.07) is 9.23. The van der Waals surface area contributed by atoms with Gasteiger partial charge in [-0.05, 0) is 33.0 Å². The minimum Gasteiger partial charge on any atom is -0.477 e. The maximum Gasteiger partial charge on any atom is 0.342 e. The van der Waals surface area contributed by atoms with Gasteiger partial charge in [-0.15, -0.1) is 0 Å². The number of carboxylic acid groups (broad SMARTS) is 1. The van der Waals surface area contributed by atoms with E-state index in [4.69, 9.17) is 4.74 Å². The lowest BCUT2D eigenvalue weighted by Gasteiger charge is -2.09. The number of aromatic nitrogens is 3. The van der Waals surface area contributed by atoms with Gasteiger partial charge >= 0.3 is 5.97 Å². The zero-order chi connectivity index (χ0) is 18.1. The van der Waals surface area contributed by atoms with Crippen molar-refractivity contribution in [2.75, 3.05) is 0 Å². The molecule has 130 valence electrons. The molecule has 0 bridgehead atoms. The minimum absolute atomic E-state index is 0.0667. The minimum atomic E-state index is -1.20. The molecule has 3 aromatic rings. The average molecular weight is 406 g/mol. The Morgan fingerprint density at radius 3 is 2.64 bits per heavy atom. The Kier molecular flexibility index (Phi) is 4.63. The van der Waals surface area contributed by atoms with Crippen molar-refractivity contribution >= 4 is 27.5 Å². The van der Waals surface area contributed by atoms with E-state index in [0.29, 0.717) is 5.92 Å². The van der Waals surface area contributed by atoms with Crippen molar-refractivity contribution in [2.45, 2.75) is 26.4 Å². The number of aromatic amines is 1. The molecular formula is C17H16BrN3O4. The third kappa shape index (κ3) is 3.43. The molecule has 0 aliphatic rings. The Bertz CT molecular complexity index is 990. The Balaban J connectivity index is 1.88. The van der Waals surface area contributed by atoms with Crippen LogP contribution in [-0.2, 0) is 6.61 Å². The summed E-state index contributed by atoms with van der Waals surface area (Å²) in [5.74, 6) is -0.567. The number of halogens is 1. The molecule has 0 aliphatic carbocycles. The van der Waals surface area contributed by atoms with Crippen molar-refractivity contribution in [1.29, 1.82) is 0 Å². The molecule has 0 amide bonds. The van der Waals surface area contributed by atoms with Crippen molar-refractivity contribution in [2.24, 2.45) is 0 Å². The summed E-state index contributed by atoms with van der Waals surface area (Å²) in [6.07, 6.45) is 0. The number of benzene rings is 1. The largest absolute Gasteiger partial charge is 0.477 e. The van der Waals surface area contributed by atoms with E-state index in [9.17, 15) is 14.7 Å². The fourth-order valence-electron chi connectivity index (χ4n) is 2.42. The van der Waals surface area contributed by atoms with Crippen LogP contribution in [0.25, 0.3) is 5.65 Å². The quantitative estimate of drug-likeness (QED) is 0.679. The molecule has 0 fully saturated rings. The maximum absolute atomic E-state index is 12.1. The fraction of sp³-hybridized carbons (Fsp3) is 0.235. The lowest BCUT2D eigenvalue weighted by molar-refractivity contribution is 0.0698. The highest BCUT2D eigenvalue weighted by molar-refractivity contribution is 9.10. The molecule has 8 heteroatoms. The molecule has 2 N–H and O–H groups in total. The summed E-state index contributed by atoms with van der Waals surface area (Å²) >= 11 is 3.05. The van der Waals surface area contributed by atoms with Crippen molar-refractivity contribution in [3.8, 4) is 5.88 Å². The van der Waals surface area contributed by atoms with Gasteiger partial charge in [-0.2, -0.15) is 9.61 Å². The van der Waals surface area contributed by atoms with Crippen molar-refractivity contribution < 1.29 is 14.6 Å². The number of H-pyrrole nitrogens is 1. The molecule has 0 radical (unpaired) electrons. The molecular weight excluding hydrogens is 390 g/mol. The van der Waals surface area contributed by atoms with Crippen molar-refractivity contribution in [1.82, 2.24) is 14.6 Å². The predicted octanol–water partition coefficient (Wildman–Crippen LogP) is 3.19. The van der Waals surface area contributed by atoms with Crippen LogP contribution >= 0.6 is 15.9 Å². The number of ether oxygens (including phenoxy) is 1. The standard InChI is InChI=1S/C17H16BrN3O4/c1-9(2)11-5-3-10(4-6-11)8-25-12-7-13(22)21-16(19-12)14(17(23)24)15(18)20-21/h3-7,9,19H,8H2,1-2H3,(H,23,24). The molecule has 0 spiro atoms. The highest BCUT2D eigenvalue weighted by atomic mass is 79.9. The SMILES string of the molecule is CC(C)c1ccc(COc2cc(=O)n3nc(Br)c(C(=O)O)c3[nH]2)cc1. The molecule has 25 heavy (non-hydrogen) atoms. The number of carbonyl (C=O) groups is 1. The number of hydrogen-bond donors (Lipinski definition) is 2. The van der Waals surface area contributed by atoms with E-state index in [0.717, 1.165) is 10.1 Å². The lowest BCUT2D eigenvalue weighted by atomic mass is 10.0. The van der Waals surface area contributed by atoms with Crippen LogP contribution in [0.2, 0.25) is 0 Å². The third-order valence-electron chi connectivity index (χ3n) is 3.80. The van der Waals surface area contributed by atoms with E-state index in [1.807, 2.05) is 24.3 Å². The van der Waals surface area contributed by atoms with Crippen molar-refractivity contribution in [3.63, 3.8) is 0 Å². The van der Waals surface area contributed by atoms with Crippen LogP contribution in [-0.4, -0.2) is 25.7 Å². The van der Waals surface area contributed by atoms with Crippen molar-refractivity contribution in [3.05, 3.63) is 62.0 Å². The van der Waals surface area contributed by atoms with Gasteiger partial charge in [-0.1, -0.05) is 38.1 Å². The molecule has 3 rings (SSSR count). The second-order valence-corrected chi connectivity index (χ2v) is 6.64. The van der Waals surface area contributed by atoms with Gasteiger partial charge < -0.3 is 14.8 Å². The number of hydrogen-bond acceptors (Lipinski definition) is 4. The topological polar surface area (TPSA) is 96.7 Å². The van der Waals surface area contributed by atoms with E-state index < -0.39 is 11.5 Å². The van der Waals surface area contributed by atoms with E-state index in [1.165, 1.54) is 11.6 Å². The van der Waals surface area contributed by atoms with Gasteiger partial charge in [0.05, 0.1) is 6.07 Å². The molecule has 1 aromatic carbocycles. The van der Waals surface area contributed by atoms with Gasteiger partial charge in [0.2, 0.25) is 0 Å². The Hall–Kier alpha value is -2.61. The smallest absolute Gasteiger partial charge is 0.342 e. The number of rotatable bonds is 5. The van der Waals surface area contributed by atoms with Crippen LogP contribution in [0.15, 0.2) is 39.7 Å². The summed E-state index contributed by atoms with van der Waals surface area (Å²) in [6.45, 7) is 4.49. The second kappa shape index (κ2) is 6.72. The average Bonchev–Trinajstić information content (AvgIpc) is 2.90. The molecule has 0 unspecified atom stereocenters. The first-order valence-corrected chi connectivity index (χ1v) is 8.42. The number of nitrogens with one attached hydrogen (secondary N) is 1. The second-order valence-electron chi connectivity index (χ2n) is 5.89. The predicted molar refractivity (Wildman–Crippen MR) is 95.3 cm³/mol. The highest BCUT2D eigenvalue weighted by Crippen LogP contribution is 2.20. The first kappa shape index (κ1) is 17.2. The highest BCUT2D eigenvalue weighted by Gasteiger charge is 2.20. The molecule has 2 heterocycles. The van der Waals surface area contributed by atoms with E-state index in [2.05, 4.69) is 39.9 Å². The van der Waals surface area contributed by atoms with Crippen LogP contribution in [0.4, 0.5) is 0 Å². The third-order valence-corrected chi connectivity index (χ3v) is 4.36. The van der Waals surface area contributed by atoms with Crippen LogP contribution in [0.1, 0.15) is 41.3 Å². The number of nitrogens with zero attached hydrogens (tertiary/aromatic N) is 2. The van der Waals surface area contributed by atoms with Gasteiger partial charge in [-0.3, -0.25) is 4.79 Å². The zero-order valence-electron chi connectivity index (χ0n) is 13.6. The first-order valence-electron chi connectivity index (χ1n) is 7.63. The molecule has 0 atom stereocenters. The molecule has 2 aromatic heterocycles. The summed E-state index contributed by atoms with van der Waals surface area (Å²) < 4.78 is 6.68. The van der Waals surface area contributed by atoms with Crippen LogP contribution in [0, 0.1) is 0 Å². The molecule has 0 saturated heterocycles. The summed E-state index contributed by atoms with van der Waals surface area (Å²) in [5, 5.41) is 13.1. The van der Waals surface area contributed by atoms with Crippen LogP contribution in [0.3, 0.4) is 0 Å². The summed E-state index contributed by atoms with van der Waals surface area (Å²) in [5.41, 5.74) is 1.64. The van der Waals surface area contributed by atoms with E-state index in [-0.39, 0.29) is 28.3 Å². The summed E-state index contributed by atoms with van der Waals surface area (Å²) in [4.78, 5) is 26.3. The van der Waals surface area contributed by atoms with Gasteiger partial charge in [0.1, 0.15) is 16.8 Å². The normalized spacial score (nSPS) is 11.2. The zero-order valence-corrected chi connectivity index (χ0v) is 15.2. The molecule has 7 nitrogen and oxygen atoms in total. The Labute approximate surface area is 151 Å². The fourth-order valence-corrected chi connectivity index (χ4v) is 2.94. The number of carboxylic acids is 1. The number of aromatic carboxylic acids is 1. The maximum atomic E-state index is 12.1. The van der Waals surface area contributed by atoms with Gasteiger partial charge in [0, 0.05) is 0 Å². The Morgan fingerprint density at radius 1 is 1.36 bits per heavy atom. The lowest BCUT2D eigenvalue weighted by Crippen LogP contribution is -2.15. The summed E-state index contributed by atoms with van der Waals surface area (Å²) in [7, 11) is 0.